The minimum atomic E-state index is 0. The molecule has 0 unspecified atom stereocenters. The number of hydrogen-bond acceptors (Lipinski definition) is 2. The predicted molar refractivity (Wildman–Crippen MR) is 90.3 cm³/mol. The third-order valence-corrected chi connectivity index (χ3v) is 4.66. The standard InChI is InChI=1S/C15H22Cl2N2.ClH/c1-18-8-5-12-6-9-19(10-7-12)11-13-14(16)3-2-4-15(13)17;/h2-4,12,18H,5-11H2,1H3;1H. The summed E-state index contributed by atoms with van der Waals surface area (Å²) in [5.74, 6) is 0.866. The fraction of sp³-hybridized carbons (Fsp3) is 0.600. The quantitative estimate of drug-likeness (QED) is 0.864. The summed E-state index contributed by atoms with van der Waals surface area (Å²) in [5.41, 5.74) is 1.07. The van der Waals surface area contributed by atoms with Crippen LogP contribution in [-0.2, 0) is 6.54 Å². The van der Waals surface area contributed by atoms with Crippen LogP contribution in [0.4, 0.5) is 0 Å². The van der Waals surface area contributed by atoms with Gasteiger partial charge in [0, 0.05) is 22.2 Å². The smallest absolute Gasteiger partial charge is 0.0465 e. The molecule has 0 bridgehead atoms. The number of likely N-dealkylation sites (tertiary alicyclic amines) is 1. The zero-order valence-electron chi connectivity index (χ0n) is 11.9. The van der Waals surface area contributed by atoms with E-state index in [0.29, 0.717) is 0 Å². The molecule has 1 fully saturated rings. The van der Waals surface area contributed by atoms with Crippen LogP contribution in [0.3, 0.4) is 0 Å². The fourth-order valence-corrected chi connectivity index (χ4v) is 3.21. The van der Waals surface area contributed by atoms with Crippen LogP contribution in [0, 0.1) is 5.92 Å². The summed E-state index contributed by atoms with van der Waals surface area (Å²) in [5, 5.41) is 4.80. The maximum absolute atomic E-state index is 6.23. The van der Waals surface area contributed by atoms with Gasteiger partial charge in [-0.05, 0) is 64.0 Å². The molecule has 0 aromatic heterocycles. The summed E-state index contributed by atoms with van der Waals surface area (Å²) in [6, 6.07) is 5.74. The van der Waals surface area contributed by atoms with Gasteiger partial charge in [-0.25, -0.2) is 0 Å². The van der Waals surface area contributed by atoms with E-state index in [1.165, 1.54) is 19.3 Å². The zero-order valence-corrected chi connectivity index (χ0v) is 14.2. The number of hydrogen-bond donors (Lipinski definition) is 1. The van der Waals surface area contributed by atoms with Gasteiger partial charge in [-0.1, -0.05) is 29.3 Å². The molecule has 0 saturated carbocycles. The van der Waals surface area contributed by atoms with Crippen molar-refractivity contribution in [1.29, 1.82) is 0 Å². The Morgan fingerprint density at radius 1 is 1.20 bits per heavy atom. The first-order valence-corrected chi connectivity index (χ1v) is 7.76. The molecule has 114 valence electrons. The van der Waals surface area contributed by atoms with Crippen LogP contribution in [0.1, 0.15) is 24.8 Å². The van der Waals surface area contributed by atoms with Gasteiger partial charge in [0.1, 0.15) is 0 Å². The van der Waals surface area contributed by atoms with Crippen molar-refractivity contribution in [3.8, 4) is 0 Å². The second kappa shape index (κ2) is 9.11. The highest BCUT2D eigenvalue weighted by Crippen LogP contribution is 2.28. The van der Waals surface area contributed by atoms with E-state index in [2.05, 4.69) is 10.2 Å². The van der Waals surface area contributed by atoms with Crippen LogP contribution in [0.25, 0.3) is 0 Å². The Morgan fingerprint density at radius 3 is 2.35 bits per heavy atom. The van der Waals surface area contributed by atoms with E-state index >= 15 is 0 Å². The van der Waals surface area contributed by atoms with E-state index in [0.717, 1.165) is 47.7 Å². The molecule has 0 amide bonds. The highest BCUT2D eigenvalue weighted by molar-refractivity contribution is 6.35. The normalized spacial score (nSPS) is 16.9. The number of halogens is 3. The molecule has 5 heteroatoms. The molecular formula is C15H23Cl3N2. The highest BCUT2D eigenvalue weighted by Gasteiger charge is 2.20. The molecule has 1 N–H and O–H groups in total. The molecule has 1 aromatic rings. The van der Waals surface area contributed by atoms with Crippen molar-refractivity contribution < 1.29 is 0 Å². The Kier molecular flexibility index (Phi) is 8.23. The van der Waals surface area contributed by atoms with Gasteiger partial charge in [-0.2, -0.15) is 0 Å². The Labute approximate surface area is 138 Å². The van der Waals surface area contributed by atoms with Crippen molar-refractivity contribution in [2.45, 2.75) is 25.8 Å². The van der Waals surface area contributed by atoms with Gasteiger partial charge >= 0.3 is 0 Å². The maximum atomic E-state index is 6.23. The fourth-order valence-electron chi connectivity index (χ4n) is 2.69. The average Bonchev–Trinajstić information content (AvgIpc) is 2.42. The topological polar surface area (TPSA) is 15.3 Å². The molecule has 2 rings (SSSR count). The van der Waals surface area contributed by atoms with E-state index in [-0.39, 0.29) is 12.4 Å². The van der Waals surface area contributed by atoms with Crippen molar-refractivity contribution in [2.24, 2.45) is 5.92 Å². The molecule has 2 nitrogen and oxygen atoms in total. The monoisotopic (exact) mass is 336 g/mol. The summed E-state index contributed by atoms with van der Waals surface area (Å²) >= 11 is 12.5. The lowest BCUT2D eigenvalue weighted by atomic mass is 9.93. The van der Waals surface area contributed by atoms with E-state index in [1.807, 2.05) is 25.2 Å². The summed E-state index contributed by atoms with van der Waals surface area (Å²) in [7, 11) is 2.02. The molecule has 1 saturated heterocycles. The molecule has 0 aliphatic carbocycles. The van der Waals surface area contributed by atoms with Crippen molar-refractivity contribution in [2.75, 3.05) is 26.7 Å². The SMILES string of the molecule is CNCCC1CCN(Cc2c(Cl)cccc2Cl)CC1.Cl. The number of nitrogens with zero attached hydrogens (tertiary/aromatic N) is 1. The van der Waals surface area contributed by atoms with Gasteiger partial charge in [0.15, 0.2) is 0 Å². The van der Waals surface area contributed by atoms with Crippen LogP contribution < -0.4 is 5.32 Å². The van der Waals surface area contributed by atoms with Crippen molar-refractivity contribution >= 4 is 35.6 Å². The second-order valence-electron chi connectivity index (χ2n) is 5.31. The second-order valence-corrected chi connectivity index (χ2v) is 6.13. The molecule has 1 aliphatic heterocycles. The first-order chi connectivity index (χ1) is 9.20. The first kappa shape index (κ1) is 18.1. The summed E-state index contributed by atoms with van der Waals surface area (Å²) < 4.78 is 0. The van der Waals surface area contributed by atoms with E-state index in [1.54, 1.807) is 0 Å². The van der Waals surface area contributed by atoms with Gasteiger partial charge in [-0.15, -0.1) is 12.4 Å². The number of piperidine rings is 1. The first-order valence-electron chi connectivity index (χ1n) is 7.00. The predicted octanol–water partition coefficient (Wildman–Crippen LogP) is 4.24. The van der Waals surface area contributed by atoms with Gasteiger partial charge in [0.2, 0.25) is 0 Å². The number of rotatable bonds is 5. The van der Waals surface area contributed by atoms with Crippen LogP contribution in [0.2, 0.25) is 10.0 Å². The molecular weight excluding hydrogens is 315 g/mol. The van der Waals surface area contributed by atoms with Gasteiger partial charge < -0.3 is 5.32 Å². The summed E-state index contributed by atoms with van der Waals surface area (Å²) in [6.07, 6.45) is 3.85. The van der Waals surface area contributed by atoms with E-state index < -0.39 is 0 Å². The van der Waals surface area contributed by atoms with Crippen molar-refractivity contribution in [3.63, 3.8) is 0 Å². The Hall–Kier alpha value is 0.01000. The van der Waals surface area contributed by atoms with Gasteiger partial charge in [-0.3, -0.25) is 4.90 Å². The van der Waals surface area contributed by atoms with Gasteiger partial charge in [0.05, 0.1) is 0 Å². The number of benzene rings is 1. The summed E-state index contributed by atoms with van der Waals surface area (Å²) in [6.45, 7) is 4.30. The molecule has 0 atom stereocenters. The molecule has 0 spiro atoms. The molecule has 1 heterocycles. The molecule has 1 aliphatic rings. The van der Waals surface area contributed by atoms with Crippen LogP contribution >= 0.6 is 35.6 Å². The van der Waals surface area contributed by atoms with E-state index in [4.69, 9.17) is 23.2 Å². The third kappa shape index (κ3) is 5.09. The lowest BCUT2D eigenvalue weighted by molar-refractivity contribution is 0.172. The van der Waals surface area contributed by atoms with Crippen LogP contribution in [0.15, 0.2) is 18.2 Å². The zero-order chi connectivity index (χ0) is 13.7. The van der Waals surface area contributed by atoms with Crippen LogP contribution in [-0.4, -0.2) is 31.6 Å². The molecule has 0 radical (unpaired) electrons. The third-order valence-electron chi connectivity index (χ3n) is 3.95. The summed E-state index contributed by atoms with van der Waals surface area (Å²) in [4.78, 5) is 2.46. The number of nitrogens with one attached hydrogen (secondary N) is 1. The van der Waals surface area contributed by atoms with E-state index in [9.17, 15) is 0 Å². The lowest BCUT2D eigenvalue weighted by Gasteiger charge is -2.32. The minimum absolute atomic E-state index is 0. The Morgan fingerprint density at radius 2 is 1.80 bits per heavy atom. The Bertz CT molecular complexity index is 384. The Balaban J connectivity index is 0.00000200. The highest BCUT2D eigenvalue weighted by atomic mass is 35.5. The maximum Gasteiger partial charge on any atom is 0.0465 e. The average molecular weight is 338 g/mol. The molecule has 1 aromatic carbocycles. The minimum Gasteiger partial charge on any atom is -0.320 e. The van der Waals surface area contributed by atoms with Crippen molar-refractivity contribution in [1.82, 2.24) is 10.2 Å². The van der Waals surface area contributed by atoms with Gasteiger partial charge in [0.25, 0.3) is 0 Å². The molecule has 20 heavy (non-hydrogen) atoms. The van der Waals surface area contributed by atoms with Crippen LogP contribution in [0.5, 0.6) is 0 Å². The largest absolute Gasteiger partial charge is 0.320 e. The van der Waals surface area contributed by atoms with Crippen molar-refractivity contribution in [3.05, 3.63) is 33.8 Å². The lowest BCUT2D eigenvalue weighted by Crippen LogP contribution is -2.34.